The van der Waals surface area contributed by atoms with Gasteiger partial charge >= 0.3 is 5.97 Å². The molecule has 0 aliphatic heterocycles. The Morgan fingerprint density at radius 3 is 2.78 bits per heavy atom. The minimum Gasteiger partial charge on any atom is -0.455 e. The number of anilines is 1. The Balaban J connectivity index is 1.53. The van der Waals surface area contributed by atoms with Crippen LogP contribution in [0.1, 0.15) is 35.8 Å². The highest BCUT2D eigenvalue weighted by atomic mass is 32.2. The Kier molecular flexibility index (Phi) is 6.54. The zero-order chi connectivity index (χ0) is 19.2. The Morgan fingerprint density at radius 2 is 2.04 bits per heavy atom. The number of benzene rings is 1. The van der Waals surface area contributed by atoms with Gasteiger partial charge in [-0.25, -0.2) is 0 Å². The van der Waals surface area contributed by atoms with Gasteiger partial charge in [-0.05, 0) is 50.3 Å². The van der Waals surface area contributed by atoms with Crippen LogP contribution in [-0.2, 0) is 27.2 Å². The van der Waals surface area contributed by atoms with Crippen molar-refractivity contribution < 1.29 is 14.3 Å². The van der Waals surface area contributed by atoms with E-state index in [4.69, 9.17) is 4.74 Å². The molecular formula is C20H20N2O3S2. The molecule has 0 unspecified atom stereocenters. The molecule has 1 aliphatic carbocycles. The van der Waals surface area contributed by atoms with Gasteiger partial charge in [0.15, 0.2) is 6.61 Å². The number of ether oxygens (including phenoxy) is 1. The first-order valence-electron chi connectivity index (χ1n) is 8.81. The Morgan fingerprint density at radius 1 is 1.30 bits per heavy atom. The molecule has 1 amide bonds. The molecule has 1 atom stereocenters. The van der Waals surface area contributed by atoms with Crippen molar-refractivity contribution in [2.75, 3.05) is 11.9 Å². The van der Waals surface area contributed by atoms with Crippen molar-refractivity contribution in [3.8, 4) is 6.07 Å². The number of nitrogens with one attached hydrogen (secondary N) is 1. The molecule has 0 fully saturated rings. The van der Waals surface area contributed by atoms with E-state index in [0.717, 1.165) is 36.1 Å². The summed E-state index contributed by atoms with van der Waals surface area (Å²) in [4.78, 5) is 26.4. The Bertz CT molecular complexity index is 871. The summed E-state index contributed by atoms with van der Waals surface area (Å²) in [5.41, 5.74) is 1.62. The lowest BCUT2D eigenvalue weighted by Gasteiger charge is -2.11. The lowest BCUT2D eigenvalue weighted by atomic mass is 9.96. The lowest BCUT2D eigenvalue weighted by Crippen LogP contribution is -2.24. The second-order valence-corrected chi connectivity index (χ2v) is 8.78. The fourth-order valence-corrected chi connectivity index (χ4v) is 5.08. The van der Waals surface area contributed by atoms with Gasteiger partial charge in [-0.2, -0.15) is 5.26 Å². The average Bonchev–Trinajstić information content (AvgIpc) is 3.03. The number of carbonyl (C=O) groups excluding carboxylic acids is 2. The van der Waals surface area contributed by atoms with Crippen molar-refractivity contribution >= 4 is 40.0 Å². The fourth-order valence-electron chi connectivity index (χ4n) is 2.94. The van der Waals surface area contributed by atoms with Crippen LogP contribution >= 0.6 is 23.1 Å². The number of thioether (sulfide) groups is 1. The first kappa shape index (κ1) is 19.5. The molecule has 1 heterocycles. The summed E-state index contributed by atoms with van der Waals surface area (Å²) >= 11 is 2.84. The van der Waals surface area contributed by atoms with Crippen LogP contribution in [0.15, 0.2) is 35.2 Å². The zero-order valence-corrected chi connectivity index (χ0v) is 16.6. The van der Waals surface area contributed by atoms with Crippen LogP contribution in [0.3, 0.4) is 0 Å². The maximum atomic E-state index is 12.2. The van der Waals surface area contributed by atoms with E-state index in [-0.39, 0.29) is 6.61 Å². The molecule has 1 aromatic heterocycles. The van der Waals surface area contributed by atoms with Gasteiger partial charge < -0.3 is 10.1 Å². The molecule has 1 N–H and O–H groups in total. The summed E-state index contributed by atoms with van der Waals surface area (Å²) in [7, 11) is 0. The molecule has 3 rings (SSSR count). The van der Waals surface area contributed by atoms with Crippen LogP contribution in [0.4, 0.5) is 5.00 Å². The molecule has 140 valence electrons. The predicted octanol–water partition coefficient (Wildman–Crippen LogP) is 4.16. The molecule has 0 bridgehead atoms. The monoisotopic (exact) mass is 400 g/mol. The van der Waals surface area contributed by atoms with Crippen LogP contribution in [0.5, 0.6) is 0 Å². The Labute approximate surface area is 166 Å². The molecule has 0 radical (unpaired) electrons. The van der Waals surface area contributed by atoms with Crippen molar-refractivity contribution in [3.05, 3.63) is 46.3 Å². The SMILES string of the molecule is C[C@@H](Sc1ccccc1)C(=O)OCC(=O)Nc1sc2c(c1C#N)CCCC2. The smallest absolute Gasteiger partial charge is 0.319 e. The first-order chi connectivity index (χ1) is 13.1. The van der Waals surface area contributed by atoms with E-state index in [0.29, 0.717) is 10.6 Å². The van der Waals surface area contributed by atoms with Crippen molar-refractivity contribution in [2.45, 2.75) is 42.8 Å². The number of aryl methyl sites for hydroxylation is 1. The van der Waals surface area contributed by atoms with E-state index < -0.39 is 17.1 Å². The number of thiophene rings is 1. The van der Waals surface area contributed by atoms with Crippen LogP contribution in [-0.4, -0.2) is 23.7 Å². The second-order valence-electron chi connectivity index (χ2n) is 6.26. The summed E-state index contributed by atoms with van der Waals surface area (Å²) < 4.78 is 5.14. The number of nitrogens with zero attached hydrogens (tertiary/aromatic N) is 1. The van der Waals surface area contributed by atoms with E-state index in [9.17, 15) is 14.9 Å². The average molecular weight is 401 g/mol. The van der Waals surface area contributed by atoms with Crippen molar-refractivity contribution in [1.29, 1.82) is 5.26 Å². The largest absolute Gasteiger partial charge is 0.455 e. The number of nitriles is 1. The highest BCUT2D eigenvalue weighted by Crippen LogP contribution is 2.37. The molecule has 1 aliphatic rings. The predicted molar refractivity (Wildman–Crippen MR) is 107 cm³/mol. The molecule has 1 aromatic carbocycles. The minimum absolute atomic E-state index is 0.355. The van der Waals surface area contributed by atoms with Gasteiger partial charge in [-0.3, -0.25) is 9.59 Å². The summed E-state index contributed by atoms with van der Waals surface area (Å²) in [6.45, 7) is 1.39. The molecule has 0 spiro atoms. The molecule has 0 saturated carbocycles. The van der Waals surface area contributed by atoms with Gasteiger partial charge in [0.2, 0.25) is 0 Å². The van der Waals surface area contributed by atoms with E-state index in [1.165, 1.54) is 28.0 Å². The Hall–Kier alpha value is -2.30. The first-order valence-corrected chi connectivity index (χ1v) is 10.5. The number of rotatable bonds is 6. The normalized spacial score (nSPS) is 13.9. The maximum absolute atomic E-state index is 12.2. The lowest BCUT2D eigenvalue weighted by molar-refractivity contribution is -0.146. The van der Waals surface area contributed by atoms with Crippen LogP contribution in [0.2, 0.25) is 0 Å². The highest BCUT2D eigenvalue weighted by molar-refractivity contribution is 8.00. The highest BCUT2D eigenvalue weighted by Gasteiger charge is 2.22. The summed E-state index contributed by atoms with van der Waals surface area (Å²) in [6.07, 6.45) is 4.02. The van der Waals surface area contributed by atoms with Crippen LogP contribution < -0.4 is 5.32 Å². The molecule has 5 nitrogen and oxygen atoms in total. The molecule has 0 saturated heterocycles. The van der Waals surface area contributed by atoms with Gasteiger partial charge in [-0.1, -0.05) is 18.2 Å². The topological polar surface area (TPSA) is 79.2 Å². The number of hydrogen-bond donors (Lipinski definition) is 1. The summed E-state index contributed by atoms with van der Waals surface area (Å²) in [5.74, 6) is -0.861. The van der Waals surface area contributed by atoms with Gasteiger partial charge in [0.05, 0.1) is 5.56 Å². The third kappa shape index (κ3) is 4.90. The number of hydrogen-bond acceptors (Lipinski definition) is 6. The molecular weight excluding hydrogens is 380 g/mol. The summed E-state index contributed by atoms with van der Waals surface area (Å²) in [5, 5.41) is 12.3. The van der Waals surface area contributed by atoms with Gasteiger partial charge in [0.1, 0.15) is 16.3 Å². The molecule has 27 heavy (non-hydrogen) atoms. The molecule has 7 heteroatoms. The standard InChI is InChI=1S/C20H20N2O3S2/c1-13(26-14-7-3-2-4-8-14)20(24)25-12-18(23)22-19-16(11-21)15-9-5-6-10-17(15)27-19/h2-4,7-8,13H,5-6,9-10,12H2,1H3,(H,22,23)/t13-/m1/s1. The fraction of sp³-hybridized carbons (Fsp3) is 0.350. The van der Waals surface area contributed by atoms with Gasteiger partial charge in [0.25, 0.3) is 5.91 Å². The van der Waals surface area contributed by atoms with Crippen molar-refractivity contribution in [2.24, 2.45) is 0 Å². The van der Waals surface area contributed by atoms with Crippen LogP contribution in [0, 0.1) is 11.3 Å². The minimum atomic E-state index is -0.440. The number of carbonyl (C=O) groups is 2. The maximum Gasteiger partial charge on any atom is 0.319 e. The van der Waals surface area contributed by atoms with E-state index in [1.807, 2.05) is 30.3 Å². The number of amides is 1. The van der Waals surface area contributed by atoms with Crippen molar-refractivity contribution in [1.82, 2.24) is 0 Å². The third-order valence-electron chi connectivity index (χ3n) is 4.27. The van der Waals surface area contributed by atoms with E-state index in [1.54, 1.807) is 6.92 Å². The third-order valence-corrected chi connectivity index (χ3v) is 6.57. The van der Waals surface area contributed by atoms with E-state index >= 15 is 0 Å². The second kappa shape index (κ2) is 9.07. The van der Waals surface area contributed by atoms with Crippen LogP contribution in [0.25, 0.3) is 0 Å². The van der Waals surface area contributed by atoms with E-state index in [2.05, 4.69) is 11.4 Å². The number of esters is 1. The van der Waals surface area contributed by atoms with Crippen molar-refractivity contribution in [3.63, 3.8) is 0 Å². The zero-order valence-electron chi connectivity index (χ0n) is 15.0. The van der Waals surface area contributed by atoms with Gasteiger partial charge in [-0.15, -0.1) is 23.1 Å². The van der Waals surface area contributed by atoms with Gasteiger partial charge in [0, 0.05) is 9.77 Å². The molecule has 2 aromatic rings. The number of fused-ring (bicyclic) bond motifs is 1. The summed E-state index contributed by atoms with van der Waals surface area (Å²) in [6, 6.07) is 11.8. The quantitative estimate of drug-likeness (QED) is 0.582.